The van der Waals surface area contributed by atoms with Crippen LogP contribution in [0.1, 0.15) is 0 Å². The molecule has 6 aromatic carbocycles. The third-order valence-corrected chi connectivity index (χ3v) is 7.95. The minimum atomic E-state index is -0.787. The van der Waals surface area contributed by atoms with Gasteiger partial charge in [-0.3, -0.25) is 0 Å². The molecule has 0 aliphatic heterocycles. The van der Waals surface area contributed by atoms with E-state index in [-0.39, 0.29) is 26.4 Å². The fourth-order valence-electron chi connectivity index (χ4n) is 6.06. The minimum absolute atomic E-state index is 0.0901. The monoisotopic (exact) mass is 614 g/mol. The van der Waals surface area contributed by atoms with Crippen LogP contribution in [-0.4, -0.2) is 62.1 Å². The molecule has 0 aromatic heterocycles. The van der Waals surface area contributed by atoms with E-state index in [9.17, 15) is 10.2 Å². The zero-order valence-corrected chi connectivity index (χ0v) is 25.7. The van der Waals surface area contributed by atoms with Gasteiger partial charge in [0.2, 0.25) is 0 Å². The fraction of sp³-hybridized carbons (Fsp3) is 0.200. The maximum atomic E-state index is 10.6. The number of hydrogen-bond donors (Lipinski definition) is 2. The van der Waals surface area contributed by atoms with Crippen molar-refractivity contribution in [2.45, 2.75) is 12.2 Å². The van der Waals surface area contributed by atoms with Gasteiger partial charge < -0.3 is 29.2 Å². The molecule has 6 aromatic rings. The second kappa shape index (κ2) is 14.6. The lowest BCUT2D eigenvalue weighted by molar-refractivity contribution is 0.0220. The quantitative estimate of drug-likeness (QED) is 0.0697. The van der Waals surface area contributed by atoms with Gasteiger partial charge >= 0.3 is 0 Å². The first-order valence-corrected chi connectivity index (χ1v) is 15.5. The molecular weight excluding hydrogens is 576 g/mol. The van der Waals surface area contributed by atoms with Gasteiger partial charge in [0.1, 0.15) is 36.9 Å². The van der Waals surface area contributed by atoms with Crippen LogP contribution >= 0.6 is 0 Å². The average Bonchev–Trinajstić information content (AvgIpc) is 3.09. The van der Waals surface area contributed by atoms with E-state index < -0.39 is 12.2 Å². The molecule has 2 atom stereocenters. The Morgan fingerprint density at radius 3 is 1.02 bits per heavy atom. The number of benzene rings is 6. The highest BCUT2D eigenvalue weighted by molar-refractivity contribution is 6.26. The summed E-state index contributed by atoms with van der Waals surface area (Å²) in [7, 11) is 0. The van der Waals surface area contributed by atoms with Gasteiger partial charge in [0.15, 0.2) is 0 Å². The first-order valence-electron chi connectivity index (χ1n) is 15.5. The predicted molar refractivity (Wildman–Crippen MR) is 187 cm³/mol. The molecule has 0 spiro atoms. The smallest absolute Gasteiger partial charge is 0.135 e. The number of aliphatic hydroxyl groups is 2. The standard InChI is InChI=1S/C40H38O6/c1-3-21-43-23-27(41)25-45-39-33-17-9-5-13-29(33)37(30-14-6-10-18-34(30)39)38-31-15-7-11-19-35(31)40(36-20-12-8-16-32(36)38)46-26-28(42)24-44-22-4-2/h3-20,27-28,41-42H,1-2,21-26H2. The summed E-state index contributed by atoms with van der Waals surface area (Å²) in [6, 6.07) is 33.0. The number of rotatable bonds is 15. The second-order valence-electron chi connectivity index (χ2n) is 11.2. The highest BCUT2D eigenvalue weighted by Gasteiger charge is 2.23. The summed E-state index contributed by atoms with van der Waals surface area (Å²) in [4.78, 5) is 0. The van der Waals surface area contributed by atoms with Gasteiger partial charge in [0.05, 0.1) is 26.4 Å². The number of hydrogen-bond acceptors (Lipinski definition) is 6. The summed E-state index contributed by atoms with van der Waals surface area (Å²) in [5.41, 5.74) is 2.18. The Kier molecular flexibility index (Phi) is 9.91. The average molecular weight is 615 g/mol. The second-order valence-corrected chi connectivity index (χ2v) is 11.2. The predicted octanol–water partition coefficient (Wildman–Crippen LogP) is 7.85. The van der Waals surface area contributed by atoms with Crippen LogP contribution in [0.2, 0.25) is 0 Å². The van der Waals surface area contributed by atoms with Gasteiger partial charge in [0.25, 0.3) is 0 Å². The number of ether oxygens (including phenoxy) is 4. The van der Waals surface area contributed by atoms with Gasteiger partial charge in [-0.05, 0) is 32.7 Å². The highest BCUT2D eigenvalue weighted by Crippen LogP contribution is 2.49. The largest absolute Gasteiger partial charge is 0.489 e. The molecule has 0 bridgehead atoms. The molecule has 0 radical (unpaired) electrons. The number of fused-ring (bicyclic) bond motifs is 4. The summed E-state index contributed by atoms with van der Waals surface area (Å²) in [6.07, 6.45) is 1.74. The van der Waals surface area contributed by atoms with Gasteiger partial charge in [-0.1, -0.05) is 109 Å². The van der Waals surface area contributed by atoms with Gasteiger partial charge in [0, 0.05) is 21.5 Å². The first-order chi connectivity index (χ1) is 22.6. The molecule has 0 amide bonds. The molecule has 0 saturated heterocycles. The van der Waals surface area contributed by atoms with E-state index in [2.05, 4.69) is 61.7 Å². The molecule has 0 saturated carbocycles. The molecule has 0 aliphatic carbocycles. The zero-order valence-electron chi connectivity index (χ0n) is 25.7. The van der Waals surface area contributed by atoms with Crippen molar-refractivity contribution in [3.63, 3.8) is 0 Å². The van der Waals surface area contributed by atoms with Crippen LogP contribution in [-0.2, 0) is 9.47 Å². The van der Waals surface area contributed by atoms with E-state index in [1.807, 2.05) is 48.5 Å². The molecular formula is C40H38O6. The summed E-state index contributed by atoms with van der Waals surface area (Å²) >= 11 is 0. The molecule has 0 aliphatic rings. The maximum Gasteiger partial charge on any atom is 0.135 e. The first kappa shape index (κ1) is 31.3. The summed E-state index contributed by atoms with van der Waals surface area (Å²) in [6.45, 7) is 8.56. The Morgan fingerprint density at radius 1 is 0.457 bits per heavy atom. The van der Waals surface area contributed by atoms with Crippen molar-refractivity contribution in [1.29, 1.82) is 0 Å². The summed E-state index contributed by atoms with van der Waals surface area (Å²) < 4.78 is 23.7. The van der Waals surface area contributed by atoms with E-state index in [0.717, 1.165) is 65.7 Å². The third kappa shape index (κ3) is 6.34. The van der Waals surface area contributed by atoms with Gasteiger partial charge in [-0.25, -0.2) is 0 Å². The molecule has 6 heteroatoms. The van der Waals surface area contributed by atoms with E-state index in [1.165, 1.54) is 0 Å². The SMILES string of the molecule is C=CCOCC(O)COc1c2ccccc2c(-c2c3ccccc3c(OCC(O)COCC=C)c3ccccc23)c2ccccc12. The van der Waals surface area contributed by atoms with E-state index >= 15 is 0 Å². The lowest BCUT2D eigenvalue weighted by atomic mass is 9.85. The third-order valence-electron chi connectivity index (χ3n) is 7.95. The van der Waals surface area contributed by atoms with Crippen LogP contribution in [0.25, 0.3) is 54.2 Å². The lowest BCUT2D eigenvalue weighted by Gasteiger charge is -2.22. The number of aliphatic hydroxyl groups excluding tert-OH is 2. The fourth-order valence-corrected chi connectivity index (χ4v) is 6.06. The Hall–Kier alpha value is -4.72. The molecule has 46 heavy (non-hydrogen) atoms. The molecule has 2 unspecified atom stereocenters. The molecule has 0 heterocycles. The molecule has 234 valence electrons. The van der Waals surface area contributed by atoms with Crippen LogP contribution in [0.15, 0.2) is 122 Å². The van der Waals surface area contributed by atoms with Crippen molar-refractivity contribution in [2.75, 3.05) is 39.6 Å². The Balaban J connectivity index is 1.54. The van der Waals surface area contributed by atoms with Crippen molar-refractivity contribution in [2.24, 2.45) is 0 Å². The molecule has 0 fully saturated rings. The Morgan fingerprint density at radius 2 is 0.739 bits per heavy atom. The summed E-state index contributed by atoms with van der Waals surface area (Å²) in [5.74, 6) is 1.44. The Bertz CT molecular complexity index is 1740. The van der Waals surface area contributed by atoms with Crippen molar-refractivity contribution in [3.8, 4) is 22.6 Å². The molecule has 6 rings (SSSR count). The van der Waals surface area contributed by atoms with Crippen molar-refractivity contribution < 1.29 is 29.2 Å². The van der Waals surface area contributed by atoms with Crippen LogP contribution in [0.3, 0.4) is 0 Å². The normalized spacial score (nSPS) is 12.8. The van der Waals surface area contributed by atoms with Crippen LogP contribution < -0.4 is 9.47 Å². The van der Waals surface area contributed by atoms with Crippen LogP contribution in [0.5, 0.6) is 11.5 Å². The topological polar surface area (TPSA) is 77.4 Å². The lowest BCUT2D eigenvalue weighted by Crippen LogP contribution is -2.23. The van der Waals surface area contributed by atoms with Crippen molar-refractivity contribution in [3.05, 3.63) is 122 Å². The summed E-state index contributed by atoms with van der Waals surface area (Å²) in [5, 5.41) is 29.1. The molecule has 2 N–H and O–H groups in total. The molecule has 6 nitrogen and oxygen atoms in total. The zero-order chi connectivity index (χ0) is 31.9. The van der Waals surface area contributed by atoms with E-state index in [0.29, 0.717) is 13.2 Å². The van der Waals surface area contributed by atoms with Gasteiger partial charge in [-0.2, -0.15) is 0 Å². The van der Waals surface area contributed by atoms with Crippen LogP contribution in [0, 0.1) is 0 Å². The van der Waals surface area contributed by atoms with E-state index in [1.54, 1.807) is 12.2 Å². The van der Waals surface area contributed by atoms with Crippen LogP contribution in [0.4, 0.5) is 0 Å². The minimum Gasteiger partial charge on any atom is -0.489 e. The van der Waals surface area contributed by atoms with Crippen molar-refractivity contribution >= 4 is 43.1 Å². The van der Waals surface area contributed by atoms with Gasteiger partial charge in [-0.15, -0.1) is 13.2 Å². The van der Waals surface area contributed by atoms with E-state index in [4.69, 9.17) is 18.9 Å². The maximum absolute atomic E-state index is 10.6. The Labute approximate surface area is 268 Å². The highest BCUT2D eigenvalue weighted by atomic mass is 16.5. The van der Waals surface area contributed by atoms with Crippen molar-refractivity contribution in [1.82, 2.24) is 0 Å².